The second kappa shape index (κ2) is 7.99. The summed E-state index contributed by atoms with van der Waals surface area (Å²) in [5, 5.41) is 3.59. The number of carbonyl (C=O) groups is 1. The Bertz CT molecular complexity index is 641. The van der Waals surface area contributed by atoms with Gasteiger partial charge >= 0.3 is 0 Å². The number of hydrogen-bond donors (Lipinski definition) is 1. The van der Waals surface area contributed by atoms with Crippen molar-refractivity contribution in [1.82, 2.24) is 4.90 Å². The molecule has 0 spiro atoms. The summed E-state index contributed by atoms with van der Waals surface area (Å²) in [5.74, 6) is 0.704. The van der Waals surface area contributed by atoms with Gasteiger partial charge in [-0.25, -0.2) is 0 Å². The Morgan fingerprint density at radius 1 is 1.17 bits per heavy atom. The number of halogens is 1. The van der Waals surface area contributed by atoms with Crippen molar-refractivity contribution in [3.8, 4) is 5.75 Å². The number of carbonyl (C=O) groups excluding carboxylic acids is 1. The van der Waals surface area contributed by atoms with E-state index in [1.165, 1.54) is 0 Å². The van der Waals surface area contributed by atoms with Crippen molar-refractivity contribution in [2.75, 3.05) is 26.0 Å². The Morgan fingerprint density at radius 2 is 1.78 bits per heavy atom. The van der Waals surface area contributed by atoms with Gasteiger partial charge in [0.15, 0.2) is 0 Å². The minimum atomic E-state index is -0.0570. The highest BCUT2D eigenvalue weighted by molar-refractivity contribution is 6.30. The highest BCUT2D eigenvalue weighted by Crippen LogP contribution is 2.21. The largest absolute Gasteiger partial charge is 0.497 e. The van der Waals surface area contributed by atoms with E-state index in [4.69, 9.17) is 16.3 Å². The van der Waals surface area contributed by atoms with Crippen LogP contribution in [0.15, 0.2) is 48.5 Å². The van der Waals surface area contributed by atoms with Crippen molar-refractivity contribution in [1.29, 1.82) is 0 Å². The summed E-state index contributed by atoms with van der Waals surface area (Å²) in [6.45, 7) is 2.36. The van der Waals surface area contributed by atoms with Gasteiger partial charge in [-0.2, -0.15) is 0 Å². The zero-order valence-corrected chi connectivity index (χ0v) is 14.3. The Hall–Kier alpha value is -2.04. The molecule has 0 saturated carbocycles. The summed E-state index contributed by atoms with van der Waals surface area (Å²) in [6, 6.07) is 15.1. The van der Waals surface area contributed by atoms with E-state index >= 15 is 0 Å². The number of nitrogens with one attached hydrogen (secondary N) is 1. The van der Waals surface area contributed by atoms with Crippen LogP contribution >= 0.6 is 11.6 Å². The molecule has 0 aliphatic carbocycles. The van der Waals surface area contributed by atoms with Gasteiger partial charge in [-0.1, -0.05) is 23.7 Å². The van der Waals surface area contributed by atoms with E-state index in [0.29, 0.717) is 11.6 Å². The molecule has 0 fully saturated rings. The third kappa shape index (κ3) is 4.98. The molecule has 4 nitrogen and oxygen atoms in total. The van der Waals surface area contributed by atoms with Gasteiger partial charge in [0.2, 0.25) is 5.91 Å². The molecule has 0 aliphatic rings. The lowest BCUT2D eigenvalue weighted by Gasteiger charge is -2.24. The molecule has 1 amide bonds. The lowest BCUT2D eigenvalue weighted by atomic mass is 10.1. The van der Waals surface area contributed by atoms with Crippen molar-refractivity contribution in [2.45, 2.75) is 13.0 Å². The SMILES string of the molecule is COc1ccc(NC(=O)CN(C)C(C)c2ccc(Cl)cc2)cc1. The normalized spacial score (nSPS) is 12.0. The molecule has 0 aromatic heterocycles. The Labute approximate surface area is 142 Å². The molecule has 0 saturated heterocycles. The fourth-order valence-electron chi connectivity index (χ4n) is 2.23. The average molecular weight is 333 g/mol. The van der Waals surface area contributed by atoms with Gasteiger partial charge in [0.25, 0.3) is 0 Å². The maximum absolute atomic E-state index is 12.2. The van der Waals surface area contributed by atoms with Crippen molar-refractivity contribution in [3.63, 3.8) is 0 Å². The average Bonchev–Trinajstić information content (AvgIpc) is 2.55. The molecule has 0 radical (unpaired) electrons. The summed E-state index contributed by atoms with van der Waals surface area (Å²) in [4.78, 5) is 14.2. The zero-order chi connectivity index (χ0) is 16.8. The van der Waals surface area contributed by atoms with Gasteiger partial charge in [0.1, 0.15) is 5.75 Å². The molecule has 0 aliphatic heterocycles. The summed E-state index contributed by atoms with van der Waals surface area (Å²) in [7, 11) is 3.54. The Kier molecular flexibility index (Phi) is 6.02. The predicted molar refractivity (Wildman–Crippen MR) is 94.1 cm³/mol. The van der Waals surface area contributed by atoms with Crippen LogP contribution in [0.1, 0.15) is 18.5 Å². The zero-order valence-electron chi connectivity index (χ0n) is 13.5. The van der Waals surface area contributed by atoms with Crippen molar-refractivity contribution in [3.05, 3.63) is 59.1 Å². The van der Waals surface area contributed by atoms with Gasteiger partial charge in [-0.05, 0) is 55.9 Å². The molecule has 1 atom stereocenters. The second-order valence-corrected chi connectivity index (χ2v) is 5.86. The summed E-state index contributed by atoms with van der Waals surface area (Å²) >= 11 is 5.91. The third-order valence-electron chi connectivity index (χ3n) is 3.78. The van der Waals surface area contributed by atoms with Crippen molar-refractivity contribution in [2.24, 2.45) is 0 Å². The number of hydrogen-bond acceptors (Lipinski definition) is 3. The lowest BCUT2D eigenvalue weighted by Crippen LogP contribution is -2.32. The highest BCUT2D eigenvalue weighted by atomic mass is 35.5. The summed E-state index contributed by atoms with van der Waals surface area (Å²) in [6.07, 6.45) is 0. The predicted octanol–water partition coefficient (Wildman–Crippen LogP) is 3.98. The molecular formula is C18H21ClN2O2. The van der Waals surface area contributed by atoms with Crippen LogP contribution in [0.2, 0.25) is 5.02 Å². The van der Waals surface area contributed by atoms with Crippen LogP contribution in [0.25, 0.3) is 0 Å². The number of amides is 1. The Morgan fingerprint density at radius 3 is 2.35 bits per heavy atom. The molecule has 2 aromatic carbocycles. The second-order valence-electron chi connectivity index (χ2n) is 5.42. The van der Waals surface area contributed by atoms with Crippen LogP contribution < -0.4 is 10.1 Å². The number of methoxy groups -OCH3 is 1. The summed E-state index contributed by atoms with van der Waals surface area (Å²) < 4.78 is 5.10. The van der Waals surface area contributed by atoms with Gasteiger partial charge in [0, 0.05) is 16.8 Å². The molecule has 0 bridgehead atoms. The molecule has 23 heavy (non-hydrogen) atoms. The van der Waals surface area contributed by atoms with E-state index in [1.807, 2.05) is 60.5 Å². The molecule has 5 heteroatoms. The number of rotatable bonds is 6. The molecule has 1 unspecified atom stereocenters. The summed E-state index contributed by atoms with van der Waals surface area (Å²) in [5.41, 5.74) is 1.87. The van der Waals surface area contributed by atoms with Gasteiger partial charge in [-0.3, -0.25) is 9.69 Å². The molecule has 122 valence electrons. The number of benzene rings is 2. The molecule has 1 N–H and O–H groups in total. The Balaban J connectivity index is 1.91. The minimum Gasteiger partial charge on any atom is -0.497 e. The number of nitrogens with zero attached hydrogens (tertiary/aromatic N) is 1. The number of ether oxygens (including phenoxy) is 1. The maximum Gasteiger partial charge on any atom is 0.238 e. The number of anilines is 1. The molecule has 2 aromatic rings. The van der Waals surface area contributed by atoms with E-state index in [9.17, 15) is 4.79 Å². The van der Waals surface area contributed by atoms with E-state index in [2.05, 4.69) is 12.2 Å². The smallest absolute Gasteiger partial charge is 0.238 e. The maximum atomic E-state index is 12.2. The van der Waals surface area contributed by atoms with Gasteiger partial charge in [-0.15, -0.1) is 0 Å². The van der Waals surface area contributed by atoms with Gasteiger partial charge in [0.05, 0.1) is 13.7 Å². The van der Waals surface area contributed by atoms with E-state index in [1.54, 1.807) is 7.11 Å². The monoisotopic (exact) mass is 332 g/mol. The van der Waals surface area contributed by atoms with Gasteiger partial charge < -0.3 is 10.1 Å². The first-order valence-electron chi connectivity index (χ1n) is 7.39. The highest BCUT2D eigenvalue weighted by Gasteiger charge is 2.15. The van der Waals surface area contributed by atoms with Crippen LogP contribution in [0, 0.1) is 0 Å². The minimum absolute atomic E-state index is 0.0570. The standard InChI is InChI=1S/C18H21ClN2O2/c1-13(14-4-6-15(19)7-5-14)21(2)12-18(22)20-16-8-10-17(23-3)11-9-16/h4-11,13H,12H2,1-3H3,(H,20,22). The molecule has 0 heterocycles. The van der Waals surface area contributed by atoms with E-state index < -0.39 is 0 Å². The first-order chi connectivity index (χ1) is 11.0. The first kappa shape index (κ1) is 17.3. The van der Waals surface area contributed by atoms with Crippen LogP contribution in [-0.4, -0.2) is 31.5 Å². The first-order valence-corrected chi connectivity index (χ1v) is 7.77. The van der Waals surface area contributed by atoms with Crippen molar-refractivity contribution < 1.29 is 9.53 Å². The van der Waals surface area contributed by atoms with Crippen LogP contribution in [0.3, 0.4) is 0 Å². The van der Waals surface area contributed by atoms with Crippen LogP contribution in [0.5, 0.6) is 5.75 Å². The topological polar surface area (TPSA) is 41.6 Å². The fourth-order valence-corrected chi connectivity index (χ4v) is 2.36. The fraction of sp³-hybridized carbons (Fsp3) is 0.278. The van der Waals surface area contributed by atoms with E-state index in [0.717, 1.165) is 17.0 Å². The quantitative estimate of drug-likeness (QED) is 0.870. The van der Waals surface area contributed by atoms with Crippen molar-refractivity contribution >= 4 is 23.2 Å². The van der Waals surface area contributed by atoms with Crippen LogP contribution in [-0.2, 0) is 4.79 Å². The number of likely N-dealkylation sites (N-methyl/N-ethyl adjacent to an activating group) is 1. The third-order valence-corrected chi connectivity index (χ3v) is 4.03. The van der Waals surface area contributed by atoms with E-state index in [-0.39, 0.29) is 11.9 Å². The van der Waals surface area contributed by atoms with Crippen LogP contribution in [0.4, 0.5) is 5.69 Å². The molecule has 2 rings (SSSR count). The molecular weight excluding hydrogens is 312 g/mol. The lowest BCUT2D eigenvalue weighted by molar-refractivity contribution is -0.117.